The zero-order valence-corrected chi connectivity index (χ0v) is 10.6. The van der Waals surface area contributed by atoms with Crippen molar-refractivity contribution in [3.8, 4) is 0 Å². The van der Waals surface area contributed by atoms with Gasteiger partial charge in [-0.25, -0.2) is 14.2 Å². The maximum atomic E-state index is 13.2. The van der Waals surface area contributed by atoms with Gasteiger partial charge in [0.15, 0.2) is 5.03 Å². The Balaban J connectivity index is 2.39. The molecule has 1 N–H and O–H groups in total. The molecule has 0 radical (unpaired) electrons. The van der Waals surface area contributed by atoms with Crippen LogP contribution in [0.4, 0.5) is 4.39 Å². The zero-order chi connectivity index (χ0) is 14.0. The van der Waals surface area contributed by atoms with Crippen LogP contribution in [0.15, 0.2) is 45.3 Å². The Bertz CT molecular complexity index is 700. The Morgan fingerprint density at radius 1 is 1.47 bits per heavy atom. The molecule has 0 aliphatic rings. The van der Waals surface area contributed by atoms with E-state index in [0.29, 0.717) is 4.90 Å². The Labute approximate surface area is 111 Å². The summed E-state index contributed by atoms with van der Waals surface area (Å²) >= 11 is 0.994. The minimum absolute atomic E-state index is 0.202. The van der Waals surface area contributed by atoms with Gasteiger partial charge < -0.3 is 9.67 Å². The second-order valence-corrected chi connectivity index (χ2v) is 4.76. The fourth-order valence-electron chi connectivity index (χ4n) is 1.39. The summed E-state index contributed by atoms with van der Waals surface area (Å²) in [5.41, 5.74) is -0.730. The van der Waals surface area contributed by atoms with E-state index in [4.69, 9.17) is 5.11 Å². The molecule has 7 heteroatoms. The van der Waals surface area contributed by atoms with E-state index in [1.807, 2.05) is 0 Å². The van der Waals surface area contributed by atoms with Crippen LogP contribution in [0.5, 0.6) is 0 Å². The summed E-state index contributed by atoms with van der Waals surface area (Å²) in [6.07, 6.45) is 2.98. The fourth-order valence-corrected chi connectivity index (χ4v) is 2.27. The first-order chi connectivity index (χ1) is 8.99. The second kappa shape index (κ2) is 5.23. The number of nitrogens with zero attached hydrogens (tertiary/aromatic N) is 2. The highest BCUT2D eigenvalue weighted by atomic mass is 32.2. The molecule has 1 aromatic heterocycles. The second-order valence-electron chi connectivity index (χ2n) is 3.70. The van der Waals surface area contributed by atoms with Crippen molar-refractivity contribution in [3.63, 3.8) is 0 Å². The minimum atomic E-state index is -1.35. The molecular weight excluding hydrogens is 271 g/mol. The fraction of sp³-hybridized carbons (Fsp3) is 0.0833. The molecule has 0 aliphatic heterocycles. The number of hydrogen-bond acceptors (Lipinski definition) is 4. The van der Waals surface area contributed by atoms with Crippen LogP contribution in [0.3, 0.4) is 0 Å². The van der Waals surface area contributed by atoms with E-state index < -0.39 is 17.3 Å². The molecule has 0 aliphatic carbocycles. The van der Waals surface area contributed by atoms with Gasteiger partial charge in [0.1, 0.15) is 5.82 Å². The molecule has 2 rings (SSSR count). The standard InChI is InChI=1S/C12H9FN2O3S/c1-15-5-4-14-10(11(15)16)19-7-2-3-9(13)8(6-7)12(17)18/h2-6H,1H3,(H,17,18). The number of carboxylic acid groups (broad SMARTS) is 1. The van der Waals surface area contributed by atoms with Crippen LogP contribution in [0.1, 0.15) is 10.4 Å². The van der Waals surface area contributed by atoms with Crippen molar-refractivity contribution in [3.05, 3.63) is 52.3 Å². The summed E-state index contributed by atoms with van der Waals surface area (Å²) in [6, 6.07) is 3.64. The van der Waals surface area contributed by atoms with Crippen LogP contribution >= 0.6 is 11.8 Å². The summed E-state index contributed by atoms with van der Waals surface area (Å²) in [5.74, 6) is -2.17. The van der Waals surface area contributed by atoms with Gasteiger partial charge in [-0.2, -0.15) is 0 Å². The molecule has 0 unspecified atom stereocenters. The molecule has 19 heavy (non-hydrogen) atoms. The summed E-state index contributed by atoms with van der Waals surface area (Å²) in [7, 11) is 1.58. The van der Waals surface area contributed by atoms with Crippen molar-refractivity contribution >= 4 is 17.7 Å². The lowest BCUT2D eigenvalue weighted by Crippen LogP contribution is -2.18. The van der Waals surface area contributed by atoms with Crippen LogP contribution < -0.4 is 5.56 Å². The predicted octanol–water partition coefficient (Wildman–Crippen LogP) is 1.77. The van der Waals surface area contributed by atoms with Gasteiger partial charge in [-0.3, -0.25) is 4.79 Å². The molecule has 0 bridgehead atoms. The highest BCUT2D eigenvalue weighted by molar-refractivity contribution is 7.99. The molecule has 1 aromatic carbocycles. The smallest absolute Gasteiger partial charge is 0.338 e. The van der Waals surface area contributed by atoms with Crippen molar-refractivity contribution in [1.29, 1.82) is 0 Å². The predicted molar refractivity (Wildman–Crippen MR) is 67.0 cm³/mol. The van der Waals surface area contributed by atoms with Crippen molar-refractivity contribution < 1.29 is 14.3 Å². The number of carbonyl (C=O) groups is 1. The minimum Gasteiger partial charge on any atom is -0.478 e. The molecule has 0 amide bonds. The van der Waals surface area contributed by atoms with Gasteiger partial charge in [-0.15, -0.1) is 0 Å². The Morgan fingerprint density at radius 3 is 2.89 bits per heavy atom. The maximum Gasteiger partial charge on any atom is 0.338 e. The summed E-state index contributed by atoms with van der Waals surface area (Å²) < 4.78 is 14.6. The Hall–Kier alpha value is -2.15. The third-order valence-electron chi connectivity index (χ3n) is 2.37. The van der Waals surface area contributed by atoms with Gasteiger partial charge in [-0.05, 0) is 18.2 Å². The van der Waals surface area contributed by atoms with E-state index in [2.05, 4.69) is 4.98 Å². The van der Waals surface area contributed by atoms with Gasteiger partial charge >= 0.3 is 5.97 Å². The molecule has 0 saturated carbocycles. The lowest BCUT2D eigenvalue weighted by Gasteiger charge is -2.04. The van der Waals surface area contributed by atoms with E-state index in [0.717, 1.165) is 17.8 Å². The summed E-state index contributed by atoms with van der Waals surface area (Å²) in [4.78, 5) is 26.9. The molecule has 0 saturated heterocycles. The molecule has 0 spiro atoms. The van der Waals surface area contributed by atoms with Gasteiger partial charge in [0.25, 0.3) is 5.56 Å². The van der Waals surface area contributed by atoms with Crippen molar-refractivity contribution in [2.24, 2.45) is 7.05 Å². The van der Waals surface area contributed by atoms with Crippen LogP contribution in [0.2, 0.25) is 0 Å². The topological polar surface area (TPSA) is 72.2 Å². The first kappa shape index (κ1) is 13.3. The number of hydrogen-bond donors (Lipinski definition) is 1. The van der Waals surface area contributed by atoms with Crippen LogP contribution in [-0.4, -0.2) is 20.6 Å². The number of halogens is 1. The highest BCUT2D eigenvalue weighted by Crippen LogP contribution is 2.25. The molecule has 0 atom stereocenters. The van der Waals surface area contributed by atoms with E-state index in [1.165, 1.54) is 29.1 Å². The van der Waals surface area contributed by atoms with E-state index in [-0.39, 0.29) is 10.6 Å². The molecule has 5 nitrogen and oxygen atoms in total. The van der Waals surface area contributed by atoms with Gasteiger partial charge in [0.2, 0.25) is 0 Å². The lowest BCUT2D eigenvalue weighted by atomic mass is 10.2. The zero-order valence-electron chi connectivity index (χ0n) is 9.83. The van der Waals surface area contributed by atoms with Gasteiger partial charge in [0, 0.05) is 24.3 Å². The van der Waals surface area contributed by atoms with Crippen molar-refractivity contribution in [2.75, 3.05) is 0 Å². The Morgan fingerprint density at radius 2 is 2.21 bits per heavy atom. The SMILES string of the molecule is Cn1ccnc(Sc2ccc(F)c(C(=O)O)c2)c1=O. The van der Waals surface area contributed by atoms with E-state index >= 15 is 0 Å². The maximum absolute atomic E-state index is 13.2. The van der Waals surface area contributed by atoms with Crippen molar-refractivity contribution in [2.45, 2.75) is 9.92 Å². The molecular formula is C12H9FN2O3S. The normalized spacial score (nSPS) is 10.4. The summed E-state index contributed by atoms with van der Waals surface area (Å²) in [5, 5.41) is 9.03. The number of aromatic carboxylic acids is 1. The molecule has 2 aromatic rings. The quantitative estimate of drug-likeness (QED) is 0.927. The number of carboxylic acids is 1. The van der Waals surface area contributed by atoms with Crippen molar-refractivity contribution in [1.82, 2.24) is 9.55 Å². The lowest BCUT2D eigenvalue weighted by molar-refractivity contribution is 0.0691. The largest absolute Gasteiger partial charge is 0.478 e. The first-order valence-electron chi connectivity index (χ1n) is 5.21. The monoisotopic (exact) mass is 280 g/mol. The Kier molecular flexibility index (Phi) is 3.66. The average molecular weight is 280 g/mol. The number of rotatable bonds is 3. The number of benzene rings is 1. The summed E-state index contributed by atoms with van der Waals surface area (Å²) in [6.45, 7) is 0. The number of aryl methyl sites for hydroxylation is 1. The molecule has 0 fully saturated rings. The van der Waals surface area contributed by atoms with E-state index in [1.54, 1.807) is 7.05 Å². The molecule has 98 valence electrons. The number of aromatic nitrogens is 2. The van der Waals surface area contributed by atoms with Gasteiger partial charge in [-0.1, -0.05) is 11.8 Å². The third kappa shape index (κ3) is 2.82. The highest BCUT2D eigenvalue weighted by Gasteiger charge is 2.12. The average Bonchev–Trinajstić information content (AvgIpc) is 2.37. The van der Waals surface area contributed by atoms with E-state index in [9.17, 15) is 14.0 Å². The molecule has 1 heterocycles. The third-order valence-corrected chi connectivity index (χ3v) is 3.33. The first-order valence-corrected chi connectivity index (χ1v) is 6.03. The van der Waals surface area contributed by atoms with Crippen LogP contribution in [-0.2, 0) is 7.05 Å². The van der Waals surface area contributed by atoms with Crippen LogP contribution in [0, 0.1) is 5.82 Å². The van der Waals surface area contributed by atoms with Gasteiger partial charge in [0.05, 0.1) is 5.56 Å². The van der Waals surface area contributed by atoms with Crippen LogP contribution in [0.25, 0.3) is 0 Å².